The minimum absolute atomic E-state index is 0.0386. The fourth-order valence-corrected chi connectivity index (χ4v) is 7.39. The van der Waals surface area contributed by atoms with Gasteiger partial charge < -0.3 is 10.6 Å². The van der Waals surface area contributed by atoms with Gasteiger partial charge in [-0.2, -0.15) is 0 Å². The summed E-state index contributed by atoms with van der Waals surface area (Å²) in [6.07, 6.45) is 13.7. The van der Waals surface area contributed by atoms with Crippen LogP contribution in [-0.4, -0.2) is 39.6 Å². The molecule has 3 fully saturated rings. The standard InChI is InChI=1S/C25H37N5O2/c1-24-10-7-18(28-32-14-13-30-16-19(9-12-26)27-29-30)15-17(24)3-4-20-21-5-6-23(31)25(21,2)11-8-22(20)24/h15-16,20-22H,3-14,26H2,1-2H3/b28-18-/t20?,21?,22?,24-,25-/m0/s1. The Bertz CT molecular complexity index is 937. The summed E-state index contributed by atoms with van der Waals surface area (Å²) in [6, 6.07) is 0. The first kappa shape index (κ1) is 21.8. The van der Waals surface area contributed by atoms with Crippen molar-refractivity contribution in [2.24, 2.45) is 39.5 Å². The number of Topliss-reactive ketones (excluding diaryl/α,β-unsaturated/α-hetero) is 1. The Hall–Kier alpha value is -2.02. The number of nitrogens with two attached hydrogens (primary N) is 1. The molecule has 0 bridgehead atoms. The lowest BCUT2D eigenvalue weighted by Crippen LogP contribution is -2.50. The van der Waals surface area contributed by atoms with Gasteiger partial charge >= 0.3 is 0 Å². The number of allylic oxidation sites excluding steroid dienone is 2. The minimum Gasteiger partial charge on any atom is -0.394 e. The predicted octanol–water partition coefficient (Wildman–Crippen LogP) is 3.68. The van der Waals surface area contributed by atoms with E-state index < -0.39 is 0 Å². The number of rotatable bonds is 6. The minimum atomic E-state index is -0.0386. The van der Waals surface area contributed by atoms with Crippen LogP contribution >= 0.6 is 0 Å². The highest BCUT2D eigenvalue weighted by Gasteiger charge is 2.58. The van der Waals surface area contributed by atoms with Gasteiger partial charge in [0.05, 0.1) is 18.0 Å². The molecule has 1 aromatic heterocycles. The van der Waals surface area contributed by atoms with Crippen LogP contribution in [0.3, 0.4) is 0 Å². The van der Waals surface area contributed by atoms with E-state index in [0.717, 1.165) is 56.4 Å². The number of aromatic nitrogens is 3. The average Bonchev–Trinajstić information content (AvgIpc) is 3.35. The topological polar surface area (TPSA) is 95.4 Å². The molecule has 0 radical (unpaired) electrons. The van der Waals surface area contributed by atoms with Gasteiger partial charge in [-0.25, -0.2) is 4.68 Å². The second kappa shape index (κ2) is 8.40. The third kappa shape index (κ3) is 3.62. The fourth-order valence-electron chi connectivity index (χ4n) is 7.39. The first-order valence-electron chi connectivity index (χ1n) is 12.5. The van der Waals surface area contributed by atoms with E-state index in [1.54, 1.807) is 10.3 Å². The van der Waals surface area contributed by atoms with E-state index in [2.05, 4.69) is 35.4 Å². The number of fused-ring (bicyclic) bond motifs is 5. The van der Waals surface area contributed by atoms with Crippen molar-refractivity contribution in [3.05, 3.63) is 23.5 Å². The van der Waals surface area contributed by atoms with E-state index in [1.807, 2.05) is 6.20 Å². The van der Waals surface area contributed by atoms with E-state index in [1.165, 1.54) is 12.8 Å². The van der Waals surface area contributed by atoms with Crippen molar-refractivity contribution >= 4 is 11.5 Å². The Balaban J connectivity index is 1.22. The fraction of sp³-hybridized carbons (Fsp3) is 0.760. The molecule has 1 heterocycles. The second-order valence-corrected chi connectivity index (χ2v) is 10.8. The van der Waals surface area contributed by atoms with E-state index >= 15 is 0 Å². The molecular weight excluding hydrogens is 402 g/mol. The molecule has 0 aromatic carbocycles. The molecular formula is C25H37N5O2. The van der Waals surface area contributed by atoms with E-state index in [4.69, 9.17) is 10.6 Å². The number of hydrogen-bond acceptors (Lipinski definition) is 6. The number of carbonyl (C=O) groups is 1. The molecule has 1 aromatic rings. The molecule has 5 rings (SSSR count). The molecule has 32 heavy (non-hydrogen) atoms. The molecule has 174 valence electrons. The molecule has 7 heteroatoms. The second-order valence-electron chi connectivity index (χ2n) is 10.8. The van der Waals surface area contributed by atoms with E-state index in [-0.39, 0.29) is 10.8 Å². The van der Waals surface area contributed by atoms with Gasteiger partial charge in [-0.05, 0) is 80.7 Å². The molecule has 7 nitrogen and oxygen atoms in total. The molecule has 3 unspecified atom stereocenters. The number of oxime groups is 1. The van der Waals surface area contributed by atoms with Crippen molar-refractivity contribution in [3.63, 3.8) is 0 Å². The molecule has 0 amide bonds. The van der Waals surface area contributed by atoms with Gasteiger partial charge in [0.2, 0.25) is 0 Å². The normalized spacial score (nSPS) is 37.6. The van der Waals surface area contributed by atoms with Crippen LogP contribution in [0.4, 0.5) is 0 Å². The number of ketones is 1. The molecule has 4 aliphatic rings. The highest BCUT2D eigenvalue weighted by molar-refractivity contribution is 5.96. The first-order valence-corrected chi connectivity index (χ1v) is 12.5. The molecule has 0 spiro atoms. The van der Waals surface area contributed by atoms with Gasteiger partial charge in [0.25, 0.3) is 0 Å². The third-order valence-corrected chi connectivity index (χ3v) is 9.27. The maximum atomic E-state index is 12.6. The summed E-state index contributed by atoms with van der Waals surface area (Å²) in [5.41, 5.74) is 9.32. The molecule has 2 N–H and O–H groups in total. The quantitative estimate of drug-likeness (QED) is 0.539. The Morgan fingerprint density at radius 1 is 1.16 bits per heavy atom. The van der Waals surface area contributed by atoms with Gasteiger partial charge in [0.15, 0.2) is 0 Å². The summed E-state index contributed by atoms with van der Waals surface area (Å²) in [5, 5.41) is 12.7. The van der Waals surface area contributed by atoms with Crippen LogP contribution in [0.25, 0.3) is 0 Å². The Morgan fingerprint density at radius 3 is 2.84 bits per heavy atom. The Kier molecular flexibility index (Phi) is 5.72. The first-order chi connectivity index (χ1) is 15.4. The van der Waals surface area contributed by atoms with Crippen LogP contribution < -0.4 is 5.73 Å². The zero-order chi connectivity index (χ0) is 22.3. The maximum absolute atomic E-state index is 12.6. The summed E-state index contributed by atoms with van der Waals surface area (Å²) in [5.74, 6) is 2.56. The molecule has 4 aliphatic carbocycles. The molecule has 3 saturated carbocycles. The maximum Gasteiger partial charge on any atom is 0.139 e. The molecule has 0 aliphatic heterocycles. The summed E-state index contributed by atoms with van der Waals surface area (Å²) < 4.78 is 1.79. The number of hydrogen-bond donors (Lipinski definition) is 1. The number of nitrogens with zero attached hydrogens (tertiary/aromatic N) is 4. The van der Waals surface area contributed by atoms with Gasteiger partial charge in [-0.3, -0.25) is 4.79 Å². The van der Waals surface area contributed by atoms with E-state index in [0.29, 0.717) is 43.2 Å². The highest BCUT2D eigenvalue weighted by Crippen LogP contribution is 2.64. The summed E-state index contributed by atoms with van der Waals surface area (Å²) in [7, 11) is 0. The highest BCUT2D eigenvalue weighted by atomic mass is 16.6. The van der Waals surface area contributed by atoms with Crippen LogP contribution in [0.15, 0.2) is 23.0 Å². The van der Waals surface area contributed by atoms with Crippen LogP contribution in [-0.2, 0) is 22.6 Å². The molecule has 0 saturated heterocycles. The van der Waals surface area contributed by atoms with Crippen molar-refractivity contribution in [3.8, 4) is 0 Å². The van der Waals surface area contributed by atoms with Crippen LogP contribution in [0.5, 0.6) is 0 Å². The van der Waals surface area contributed by atoms with Crippen molar-refractivity contribution in [2.45, 2.75) is 78.2 Å². The summed E-state index contributed by atoms with van der Waals surface area (Å²) in [4.78, 5) is 18.2. The van der Waals surface area contributed by atoms with Gasteiger partial charge in [-0.15, -0.1) is 5.10 Å². The zero-order valence-electron chi connectivity index (χ0n) is 19.6. The lowest BCUT2D eigenvalue weighted by atomic mass is 9.47. The number of carbonyl (C=O) groups excluding carboxylic acids is 1. The lowest BCUT2D eigenvalue weighted by molar-refractivity contribution is -0.132. The Labute approximate surface area is 190 Å². The SMILES string of the molecule is C[C@]12CC/C(=N/OCCn3cc(CCN)nn3)C=C1CCC1C2CC[C@]2(C)C(=O)CCC12. The largest absolute Gasteiger partial charge is 0.394 e. The van der Waals surface area contributed by atoms with Crippen LogP contribution in [0, 0.1) is 28.6 Å². The van der Waals surface area contributed by atoms with Gasteiger partial charge in [-0.1, -0.05) is 29.8 Å². The van der Waals surface area contributed by atoms with Gasteiger partial charge in [0.1, 0.15) is 12.4 Å². The summed E-state index contributed by atoms with van der Waals surface area (Å²) in [6.45, 7) is 6.43. The smallest absolute Gasteiger partial charge is 0.139 e. The van der Waals surface area contributed by atoms with Crippen molar-refractivity contribution < 1.29 is 9.63 Å². The predicted molar refractivity (Wildman–Crippen MR) is 123 cm³/mol. The Morgan fingerprint density at radius 2 is 2.00 bits per heavy atom. The van der Waals surface area contributed by atoms with Crippen molar-refractivity contribution in [1.29, 1.82) is 0 Å². The van der Waals surface area contributed by atoms with Crippen molar-refractivity contribution in [2.75, 3.05) is 13.2 Å². The summed E-state index contributed by atoms with van der Waals surface area (Å²) >= 11 is 0. The van der Waals surface area contributed by atoms with Crippen molar-refractivity contribution in [1.82, 2.24) is 15.0 Å². The molecule has 5 atom stereocenters. The third-order valence-electron chi connectivity index (χ3n) is 9.27. The zero-order valence-corrected chi connectivity index (χ0v) is 19.6. The van der Waals surface area contributed by atoms with Gasteiger partial charge in [0, 0.05) is 24.5 Å². The average molecular weight is 440 g/mol. The monoisotopic (exact) mass is 439 g/mol. The van der Waals surface area contributed by atoms with Crippen LogP contribution in [0.1, 0.15) is 70.9 Å². The van der Waals surface area contributed by atoms with E-state index in [9.17, 15) is 4.79 Å². The lowest BCUT2D eigenvalue weighted by Gasteiger charge is -2.57. The van der Waals surface area contributed by atoms with Crippen LogP contribution in [0.2, 0.25) is 0 Å².